The molecule has 7 rings (SSSR count). The van der Waals surface area contributed by atoms with E-state index >= 15 is 0 Å². The van der Waals surface area contributed by atoms with E-state index in [0.717, 1.165) is 104 Å². The number of nitrogens with one attached hydrogen (secondary N) is 1. The van der Waals surface area contributed by atoms with Crippen molar-refractivity contribution in [3.63, 3.8) is 0 Å². The van der Waals surface area contributed by atoms with Crippen LogP contribution in [0.1, 0.15) is 119 Å². The number of aliphatic hydroxyl groups excluding tert-OH is 5. The quantitative estimate of drug-likeness (QED) is 0.0477. The van der Waals surface area contributed by atoms with Crippen molar-refractivity contribution in [2.75, 3.05) is 26.3 Å². The molecule has 3 aliphatic carbocycles. The number of unbranched alkanes of at least 4 members (excludes halogenated alkanes) is 3. The van der Waals surface area contributed by atoms with E-state index in [-0.39, 0.29) is 43.6 Å². The molecule has 0 bridgehead atoms. The number of hydrogen-bond acceptors (Lipinski definition) is 11. The number of benzene rings is 2. The number of hydrogen-bond donors (Lipinski definition) is 8. The summed E-state index contributed by atoms with van der Waals surface area (Å²) < 4.78 is 12.3. The zero-order valence-electron chi connectivity index (χ0n) is 35.9. The fraction of sp³-hybridized carbons (Fsp3) is 0.580. The second kappa shape index (κ2) is 21.6. The van der Waals surface area contributed by atoms with Gasteiger partial charge in [0, 0.05) is 44.2 Å². The number of phenols is 1. The summed E-state index contributed by atoms with van der Waals surface area (Å²) in [5, 5.41) is 65.7. The first-order valence-electron chi connectivity index (χ1n) is 23.0. The van der Waals surface area contributed by atoms with Gasteiger partial charge in [0.1, 0.15) is 12.2 Å². The Kier molecular flexibility index (Phi) is 16.1. The van der Waals surface area contributed by atoms with Crippen LogP contribution in [0.4, 0.5) is 0 Å². The average Bonchev–Trinajstić information content (AvgIpc) is 4.00. The number of fused-ring (bicyclic) bond motifs is 3. The van der Waals surface area contributed by atoms with E-state index < -0.39 is 18.3 Å². The molecule has 0 spiro atoms. The van der Waals surface area contributed by atoms with Crippen molar-refractivity contribution in [1.82, 2.24) is 5.32 Å². The highest BCUT2D eigenvalue weighted by Gasteiger charge is 2.47. The number of nitrogens with zero attached hydrogens (tertiary/aromatic N) is 1. The minimum Gasteiger partial charge on any atom is -0.504 e. The summed E-state index contributed by atoms with van der Waals surface area (Å²) in [5.74, 6) is 1.89. The number of ether oxygens (including phenoxy) is 2. The Bertz CT molecular complexity index is 1880. The van der Waals surface area contributed by atoms with Crippen LogP contribution < -0.4 is 15.8 Å². The van der Waals surface area contributed by atoms with Crippen molar-refractivity contribution in [2.24, 2.45) is 34.4 Å². The molecule has 61 heavy (non-hydrogen) atoms. The van der Waals surface area contributed by atoms with E-state index in [2.05, 4.69) is 11.4 Å². The maximum atomic E-state index is 11.2. The van der Waals surface area contributed by atoms with Gasteiger partial charge in [0.05, 0.1) is 30.8 Å². The summed E-state index contributed by atoms with van der Waals surface area (Å²) in [7, 11) is 0. The predicted molar refractivity (Wildman–Crippen MR) is 238 cm³/mol. The van der Waals surface area contributed by atoms with Crippen LogP contribution in [0.15, 0.2) is 70.8 Å². The van der Waals surface area contributed by atoms with E-state index in [1.807, 2.05) is 48.6 Å². The van der Waals surface area contributed by atoms with Gasteiger partial charge in [-0.2, -0.15) is 11.6 Å². The number of phenolic OH excluding ortho intramolecular Hbond substituents is 1. The third-order valence-corrected chi connectivity index (χ3v) is 13.7. The molecule has 0 amide bonds. The molecule has 2 fully saturated rings. The summed E-state index contributed by atoms with van der Waals surface area (Å²) in [6.07, 6.45) is 20.5. The van der Waals surface area contributed by atoms with Crippen LogP contribution in [0, 0.1) is 35.8 Å². The van der Waals surface area contributed by atoms with E-state index in [1.165, 1.54) is 24.8 Å². The Morgan fingerprint density at radius 3 is 2.69 bits per heavy atom. The Labute approximate surface area is 362 Å². The first kappa shape index (κ1) is 45.4. The number of aryl methyl sites for hydroxylation is 1. The lowest BCUT2D eigenvalue weighted by Crippen LogP contribution is -2.34. The largest absolute Gasteiger partial charge is 0.504 e. The average molecular weight is 840 g/mol. The first-order valence-corrected chi connectivity index (χ1v) is 23.0. The highest BCUT2D eigenvalue weighted by molar-refractivity contribution is 6.04. The Morgan fingerprint density at radius 1 is 1.03 bits per heavy atom. The third kappa shape index (κ3) is 11.7. The van der Waals surface area contributed by atoms with Crippen molar-refractivity contribution in [3.05, 3.63) is 100 Å². The van der Waals surface area contributed by atoms with Gasteiger partial charge in [-0.15, -0.1) is 4.99 Å². The number of aliphatic imine (C=N–C) groups is 1. The molecule has 0 aromatic heterocycles. The number of rotatable bonds is 22. The molecular formula is C50H69N3O8. The predicted octanol–water partition coefficient (Wildman–Crippen LogP) is 6.55. The third-order valence-electron chi connectivity index (χ3n) is 13.7. The molecule has 9 atom stereocenters. The molecular weight excluding hydrogens is 771 g/mol. The summed E-state index contributed by atoms with van der Waals surface area (Å²) in [6, 6.07) is 11.6. The van der Waals surface area contributed by atoms with Crippen LogP contribution >= 0.6 is 0 Å². The standard InChI is InChI=1S/C50H69N3O8/c1-31(56)26-52-27-43-40-9-6-7-34(40)16-19-44-42(43)25-45(53-44)47(58)30-60-49-22-32(13-20-46(49)57)11-17-39-24-37(29-55)48(61-39)10-5-3-2-4-8-38(51)23-36-15-14-35-21-33(28-54)12-18-41(35)50(36)59/h12-15,18,20-22,24-25,31,34,36,38,40,43,47-48,50,52,54-59H,2-11,16-17,19,23,26-30,51H2,1H3/t31-,34+,36-,38-,40-,43-,47-,48?,50-/m0/s1. The van der Waals surface area contributed by atoms with Crippen LogP contribution in [0.3, 0.4) is 0 Å². The Hall–Kier alpha value is -3.65. The van der Waals surface area contributed by atoms with Gasteiger partial charge in [-0.3, -0.25) is 0 Å². The van der Waals surface area contributed by atoms with Gasteiger partial charge in [-0.1, -0.05) is 81.4 Å². The van der Waals surface area contributed by atoms with Crippen molar-refractivity contribution in [3.8, 4) is 11.5 Å². The molecule has 11 nitrogen and oxygen atoms in total. The fourth-order valence-electron chi connectivity index (χ4n) is 10.3. The minimum absolute atomic E-state index is 0.00650. The van der Waals surface area contributed by atoms with Gasteiger partial charge in [-0.05, 0) is 97.7 Å². The van der Waals surface area contributed by atoms with E-state index in [9.17, 15) is 30.6 Å². The molecule has 1 unspecified atom stereocenters. The van der Waals surface area contributed by atoms with Gasteiger partial charge in [0.25, 0.3) is 0 Å². The van der Waals surface area contributed by atoms with E-state index in [4.69, 9.17) is 20.2 Å². The molecule has 332 valence electrons. The lowest BCUT2D eigenvalue weighted by Gasteiger charge is -2.28. The van der Waals surface area contributed by atoms with Crippen molar-refractivity contribution in [1.29, 1.82) is 0 Å². The van der Waals surface area contributed by atoms with Gasteiger partial charge in [0.2, 0.25) is 0 Å². The van der Waals surface area contributed by atoms with Crippen LogP contribution in [0.2, 0.25) is 0 Å². The molecule has 2 aromatic carbocycles. The van der Waals surface area contributed by atoms with Gasteiger partial charge < -0.3 is 51.2 Å². The van der Waals surface area contributed by atoms with Gasteiger partial charge in [-0.25, -0.2) is 0 Å². The van der Waals surface area contributed by atoms with E-state index in [0.29, 0.717) is 48.9 Å². The zero-order valence-corrected chi connectivity index (χ0v) is 35.9. The lowest BCUT2D eigenvalue weighted by molar-refractivity contribution is 0.102. The van der Waals surface area contributed by atoms with Crippen molar-refractivity contribution < 1.29 is 40.1 Å². The monoisotopic (exact) mass is 840 g/mol. The lowest BCUT2D eigenvalue weighted by atomic mass is 9.80. The first-order chi connectivity index (χ1) is 29.6. The smallest absolute Gasteiger partial charge is 0.189 e. The molecule has 11 heteroatoms. The van der Waals surface area contributed by atoms with Crippen LogP contribution in [0.5, 0.6) is 11.5 Å². The molecule has 2 aromatic rings. The number of aliphatic hydroxyl groups is 5. The molecule has 2 heterocycles. The molecule has 2 saturated carbocycles. The van der Waals surface area contributed by atoms with Crippen LogP contribution in [-0.4, -0.2) is 87.0 Å². The van der Waals surface area contributed by atoms with Crippen LogP contribution in [-0.2, 0) is 17.8 Å². The normalized spacial score (nSPS) is 25.9. The van der Waals surface area contributed by atoms with Crippen molar-refractivity contribution >= 4 is 11.8 Å². The topological polar surface area (TPSA) is 190 Å². The summed E-state index contributed by atoms with van der Waals surface area (Å²) >= 11 is 0. The second-order valence-electron chi connectivity index (χ2n) is 18.2. The van der Waals surface area contributed by atoms with Crippen LogP contribution in [0.25, 0.3) is 6.08 Å². The van der Waals surface area contributed by atoms with Gasteiger partial charge in [0.15, 0.2) is 29.4 Å². The minimum atomic E-state index is -0.944. The molecule has 0 radical (unpaired) electrons. The second-order valence-corrected chi connectivity index (χ2v) is 18.2. The Balaban J connectivity index is 0.815. The Morgan fingerprint density at radius 2 is 1.87 bits per heavy atom. The number of nitrogens with two attached hydrogens (primary N) is 1. The number of aromatic hydroxyl groups is 1. The highest BCUT2D eigenvalue weighted by atomic mass is 16.5. The maximum Gasteiger partial charge on any atom is 0.189 e. The molecule has 0 saturated heterocycles. The summed E-state index contributed by atoms with van der Waals surface area (Å²) in [5.41, 5.74) is 13.4. The molecule has 9 N–H and O–H groups in total. The van der Waals surface area contributed by atoms with Gasteiger partial charge >= 0.3 is 0 Å². The molecule has 2 aliphatic heterocycles. The van der Waals surface area contributed by atoms with Crippen molar-refractivity contribution in [2.45, 2.75) is 134 Å². The van der Waals surface area contributed by atoms with E-state index in [1.54, 1.807) is 13.0 Å². The summed E-state index contributed by atoms with van der Waals surface area (Å²) in [6.45, 7) is 3.04. The SMILES string of the molecule is C[C@H](O)CNC[C@@H]1C2=C[C+]([C@@H](O)COc3cc(CC[C-]4C=C(CO)C(CCCCCC[C@H](N)C[C@@H]5C=Cc6cc(CO)ccc6[C@H]5O)O4)ccc3O)N=C2CC[C@H]2CCC[C@@H]21. The fourth-order valence-corrected chi connectivity index (χ4v) is 10.3. The zero-order chi connectivity index (χ0) is 42.9. The highest BCUT2D eigenvalue weighted by Crippen LogP contribution is 2.47. The molecule has 5 aliphatic rings. The summed E-state index contributed by atoms with van der Waals surface area (Å²) in [4.78, 5) is 4.92. The maximum absolute atomic E-state index is 11.2.